The number of aromatic nitrogens is 1. The topological polar surface area (TPSA) is 64.4 Å². The van der Waals surface area contributed by atoms with Gasteiger partial charge in [0.05, 0.1) is 17.7 Å². The fraction of sp³-hybridized carbons (Fsp3) is 0.182. The number of carbonyl (C=O) groups excluding carboxylic acids is 1. The first-order valence-corrected chi connectivity index (χ1v) is 9.87. The molecule has 0 saturated heterocycles. The molecule has 1 N–H and O–H groups in total. The van der Waals surface area contributed by atoms with Crippen molar-refractivity contribution >= 4 is 34.0 Å². The van der Waals surface area contributed by atoms with Gasteiger partial charge >= 0.3 is 0 Å². The van der Waals surface area contributed by atoms with Gasteiger partial charge in [-0.1, -0.05) is 26.0 Å². The molecule has 0 saturated carbocycles. The summed E-state index contributed by atoms with van der Waals surface area (Å²) in [5.41, 5.74) is 4.11. The number of hydrogen-bond acceptors (Lipinski definition) is 5. The lowest BCUT2D eigenvalue weighted by atomic mass is 10.0. The summed E-state index contributed by atoms with van der Waals surface area (Å²) in [4.78, 5) is 17.7. The molecule has 0 radical (unpaired) electrons. The molecular formula is C22H20N2O3S. The van der Waals surface area contributed by atoms with E-state index in [-0.39, 0.29) is 5.91 Å². The molecule has 142 valence electrons. The first-order chi connectivity index (χ1) is 13.5. The molecule has 5 nitrogen and oxygen atoms in total. The van der Waals surface area contributed by atoms with Gasteiger partial charge in [-0.2, -0.15) is 0 Å². The van der Waals surface area contributed by atoms with Crippen molar-refractivity contribution in [1.29, 1.82) is 0 Å². The predicted octanol–water partition coefficient (Wildman–Crippen LogP) is 5.94. The van der Waals surface area contributed by atoms with Gasteiger partial charge in [-0.3, -0.25) is 4.79 Å². The first kappa shape index (κ1) is 18.3. The largest absolute Gasteiger partial charge is 0.495 e. The van der Waals surface area contributed by atoms with Crippen LogP contribution in [-0.4, -0.2) is 18.0 Å². The lowest BCUT2D eigenvalue weighted by molar-refractivity contribution is 0.103. The van der Waals surface area contributed by atoms with Crippen LogP contribution in [0.15, 0.2) is 58.3 Å². The average molecular weight is 392 g/mol. The monoisotopic (exact) mass is 392 g/mol. The number of rotatable bonds is 5. The van der Waals surface area contributed by atoms with Gasteiger partial charge in [0, 0.05) is 5.56 Å². The van der Waals surface area contributed by atoms with Gasteiger partial charge in [-0.05, 0) is 53.3 Å². The van der Waals surface area contributed by atoms with E-state index < -0.39 is 0 Å². The van der Waals surface area contributed by atoms with Crippen molar-refractivity contribution < 1.29 is 13.9 Å². The second kappa shape index (κ2) is 7.48. The summed E-state index contributed by atoms with van der Waals surface area (Å²) < 4.78 is 11.3. The van der Waals surface area contributed by atoms with Crippen LogP contribution in [0, 0.1) is 0 Å². The van der Waals surface area contributed by atoms with Gasteiger partial charge in [0.25, 0.3) is 5.91 Å². The Bertz CT molecular complexity index is 1130. The summed E-state index contributed by atoms with van der Waals surface area (Å²) in [6, 6.07) is 15.2. The van der Waals surface area contributed by atoms with Crippen LogP contribution >= 0.6 is 11.3 Å². The second-order valence-corrected chi connectivity index (χ2v) is 7.70. The highest BCUT2D eigenvalue weighted by Gasteiger charge is 2.15. The number of hydrogen-bond donors (Lipinski definition) is 1. The highest BCUT2D eigenvalue weighted by Crippen LogP contribution is 2.33. The molecule has 6 heteroatoms. The molecule has 0 aliphatic heterocycles. The van der Waals surface area contributed by atoms with Crippen molar-refractivity contribution in [2.24, 2.45) is 0 Å². The summed E-state index contributed by atoms with van der Waals surface area (Å²) in [5, 5.41) is 4.78. The summed E-state index contributed by atoms with van der Waals surface area (Å²) in [6.07, 6.45) is 0. The third kappa shape index (κ3) is 3.51. The van der Waals surface area contributed by atoms with Crippen molar-refractivity contribution in [3.05, 3.63) is 64.4 Å². The molecule has 2 aromatic carbocycles. The Morgan fingerprint density at radius 2 is 2.04 bits per heavy atom. The zero-order chi connectivity index (χ0) is 19.7. The number of fused-ring (bicyclic) bond motifs is 1. The molecule has 0 bridgehead atoms. The smallest absolute Gasteiger partial charge is 0.265 e. The van der Waals surface area contributed by atoms with E-state index in [1.54, 1.807) is 19.2 Å². The molecule has 2 heterocycles. The van der Waals surface area contributed by atoms with E-state index >= 15 is 0 Å². The summed E-state index contributed by atoms with van der Waals surface area (Å²) in [7, 11) is 1.57. The van der Waals surface area contributed by atoms with E-state index in [0.717, 1.165) is 16.7 Å². The molecule has 4 rings (SSSR count). The number of ether oxygens (including phenoxy) is 1. The van der Waals surface area contributed by atoms with Crippen LogP contribution in [0.2, 0.25) is 0 Å². The van der Waals surface area contributed by atoms with E-state index in [0.29, 0.717) is 28.1 Å². The maximum atomic E-state index is 12.4. The standard InChI is InChI=1S/C22H20N2O3S/c1-13(2)14-6-9-19-17(11-14)24-22(27-19)15-7-8-18(26-3)16(12-15)23-21(25)20-5-4-10-28-20/h4-13H,1-3H3,(H,23,25). The fourth-order valence-electron chi connectivity index (χ4n) is 2.96. The molecule has 28 heavy (non-hydrogen) atoms. The molecule has 4 aromatic rings. The third-order valence-electron chi connectivity index (χ3n) is 4.52. The van der Waals surface area contributed by atoms with Gasteiger partial charge < -0.3 is 14.5 Å². The second-order valence-electron chi connectivity index (χ2n) is 6.75. The first-order valence-electron chi connectivity index (χ1n) is 8.99. The van der Waals surface area contributed by atoms with E-state index in [2.05, 4.69) is 36.3 Å². The van der Waals surface area contributed by atoms with E-state index in [4.69, 9.17) is 9.15 Å². The van der Waals surface area contributed by atoms with Crippen LogP contribution in [0.5, 0.6) is 5.75 Å². The maximum Gasteiger partial charge on any atom is 0.265 e. The number of nitrogens with one attached hydrogen (secondary N) is 1. The van der Waals surface area contributed by atoms with Crippen LogP contribution < -0.4 is 10.1 Å². The molecule has 1 amide bonds. The van der Waals surface area contributed by atoms with Gasteiger partial charge in [-0.15, -0.1) is 11.3 Å². The van der Waals surface area contributed by atoms with Crippen molar-refractivity contribution in [2.45, 2.75) is 19.8 Å². The lowest BCUT2D eigenvalue weighted by Crippen LogP contribution is -2.11. The average Bonchev–Trinajstić information content (AvgIpc) is 3.37. The van der Waals surface area contributed by atoms with Gasteiger partial charge in [0.2, 0.25) is 5.89 Å². The number of oxazole rings is 1. The molecule has 0 unspecified atom stereocenters. The minimum absolute atomic E-state index is 0.176. The molecule has 0 spiro atoms. The SMILES string of the molecule is COc1ccc(-c2nc3cc(C(C)C)ccc3o2)cc1NC(=O)c1cccs1. The van der Waals surface area contributed by atoms with Crippen LogP contribution in [-0.2, 0) is 0 Å². The number of carbonyl (C=O) groups is 1. The Labute approximate surface area is 167 Å². The number of methoxy groups -OCH3 is 1. The molecule has 2 aromatic heterocycles. The van der Waals surface area contributed by atoms with Crippen molar-refractivity contribution in [1.82, 2.24) is 4.98 Å². The summed E-state index contributed by atoms with van der Waals surface area (Å²) in [6.45, 7) is 4.29. The molecular weight excluding hydrogens is 372 g/mol. The maximum absolute atomic E-state index is 12.4. The zero-order valence-electron chi connectivity index (χ0n) is 15.9. The Hall–Kier alpha value is -3.12. The number of nitrogens with zero attached hydrogens (tertiary/aromatic N) is 1. The zero-order valence-corrected chi connectivity index (χ0v) is 16.7. The Morgan fingerprint density at radius 1 is 1.18 bits per heavy atom. The van der Waals surface area contributed by atoms with Gasteiger partial charge in [0.1, 0.15) is 11.3 Å². The number of thiophene rings is 1. The summed E-state index contributed by atoms with van der Waals surface area (Å²) in [5.74, 6) is 1.33. The van der Waals surface area contributed by atoms with Crippen LogP contribution in [0.25, 0.3) is 22.6 Å². The summed E-state index contributed by atoms with van der Waals surface area (Å²) >= 11 is 1.39. The minimum atomic E-state index is -0.176. The fourth-order valence-corrected chi connectivity index (χ4v) is 3.58. The molecule has 0 atom stereocenters. The lowest BCUT2D eigenvalue weighted by Gasteiger charge is -2.10. The normalized spacial score (nSPS) is 11.1. The van der Waals surface area contributed by atoms with Crippen molar-refractivity contribution in [2.75, 3.05) is 12.4 Å². The van der Waals surface area contributed by atoms with Crippen LogP contribution in [0.1, 0.15) is 35.0 Å². The Morgan fingerprint density at radius 3 is 2.75 bits per heavy atom. The number of anilines is 1. The molecule has 0 aliphatic rings. The van der Waals surface area contributed by atoms with Crippen LogP contribution in [0.3, 0.4) is 0 Å². The Balaban J connectivity index is 1.70. The van der Waals surface area contributed by atoms with Crippen molar-refractivity contribution in [3.8, 4) is 17.2 Å². The minimum Gasteiger partial charge on any atom is -0.495 e. The quantitative estimate of drug-likeness (QED) is 0.456. The van der Waals surface area contributed by atoms with Gasteiger partial charge in [-0.25, -0.2) is 4.98 Å². The van der Waals surface area contributed by atoms with Gasteiger partial charge in [0.15, 0.2) is 5.58 Å². The Kier molecular flexibility index (Phi) is 4.88. The molecule has 0 fully saturated rings. The van der Waals surface area contributed by atoms with Crippen molar-refractivity contribution in [3.63, 3.8) is 0 Å². The number of amides is 1. The van der Waals surface area contributed by atoms with E-state index in [1.807, 2.05) is 29.6 Å². The predicted molar refractivity (Wildman–Crippen MR) is 112 cm³/mol. The third-order valence-corrected chi connectivity index (χ3v) is 5.39. The van der Waals surface area contributed by atoms with E-state index in [1.165, 1.54) is 16.9 Å². The highest BCUT2D eigenvalue weighted by molar-refractivity contribution is 7.12. The number of benzene rings is 2. The van der Waals surface area contributed by atoms with E-state index in [9.17, 15) is 4.79 Å². The molecule has 0 aliphatic carbocycles. The highest BCUT2D eigenvalue weighted by atomic mass is 32.1. The van der Waals surface area contributed by atoms with Crippen LogP contribution in [0.4, 0.5) is 5.69 Å².